The summed E-state index contributed by atoms with van der Waals surface area (Å²) in [4.78, 5) is 38.7. The van der Waals surface area contributed by atoms with Crippen molar-refractivity contribution in [2.45, 2.75) is 38.8 Å². The van der Waals surface area contributed by atoms with E-state index in [1.165, 1.54) is 23.2 Å². The molecule has 1 unspecified atom stereocenters. The third kappa shape index (κ3) is 3.07. The van der Waals surface area contributed by atoms with E-state index in [4.69, 9.17) is 0 Å². The second-order valence-electron chi connectivity index (χ2n) is 5.46. The summed E-state index contributed by atoms with van der Waals surface area (Å²) in [5.74, 6) is -0.817. The molecule has 0 bridgehead atoms. The number of hydrogen-bond acceptors (Lipinski definition) is 6. The first-order valence-corrected chi connectivity index (χ1v) is 8.11. The summed E-state index contributed by atoms with van der Waals surface area (Å²) in [6.07, 6.45) is 4.92. The van der Waals surface area contributed by atoms with Gasteiger partial charge in [0.2, 0.25) is 0 Å². The minimum atomic E-state index is -1.00. The summed E-state index contributed by atoms with van der Waals surface area (Å²) in [6, 6.07) is 0.860. The van der Waals surface area contributed by atoms with Crippen LogP contribution in [0.4, 0.5) is 0 Å². The highest BCUT2D eigenvalue weighted by atomic mass is 32.1. The molecule has 1 fully saturated rings. The first-order valence-electron chi connectivity index (χ1n) is 7.29. The smallest absolute Gasteiger partial charge is 0.326 e. The van der Waals surface area contributed by atoms with Gasteiger partial charge in [0.05, 0.1) is 5.69 Å². The molecule has 120 valence electrons. The summed E-state index contributed by atoms with van der Waals surface area (Å²) in [5, 5.41) is 9.81. The van der Waals surface area contributed by atoms with Crippen molar-refractivity contribution in [1.29, 1.82) is 0 Å². The fourth-order valence-electron chi connectivity index (χ4n) is 2.35. The topological polar surface area (TPSA) is 96.3 Å². The maximum Gasteiger partial charge on any atom is 0.326 e. The number of nitrogens with zero attached hydrogens (tertiary/aromatic N) is 4. The van der Waals surface area contributed by atoms with E-state index in [-0.39, 0.29) is 11.9 Å². The number of carboxylic acids is 1. The van der Waals surface area contributed by atoms with Gasteiger partial charge >= 0.3 is 5.97 Å². The summed E-state index contributed by atoms with van der Waals surface area (Å²) in [5.41, 5.74) is 0.575. The quantitative estimate of drug-likeness (QED) is 0.899. The summed E-state index contributed by atoms with van der Waals surface area (Å²) in [7, 11) is 0. The van der Waals surface area contributed by atoms with Crippen LogP contribution in [-0.4, -0.2) is 48.9 Å². The molecule has 0 radical (unpaired) electrons. The minimum absolute atomic E-state index is 0.00604. The van der Waals surface area contributed by atoms with Gasteiger partial charge in [-0.15, -0.1) is 11.3 Å². The number of aliphatic carboxylic acids is 1. The van der Waals surface area contributed by atoms with E-state index in [1.807, 2.05) is 0 Å². The lowest BCUT2D eigenvalue weighted by molar-refractivity contribution is -0.141. The van der Waals surface area contributed by atoms with Crippen LogP contribution in [0.1, 0.15) is 35.1 Å². The summed E-state index contributed by atoms with van der Waals surface area (Å²) >= 11 is 1.20. The Kier molecular flexibility index (Phi) is 4.08. The zero-order valence-corrected chi connectivity index (χ0v) is 13.6. The molecule has 0 saturated heterocycles. The number of thiazole rings is 1. The van der Waals surface area contributed by atoms with Gasteiger partial charge in [0.25, 0.3) is 5.91 Å². The molecule has 1 aliphatic rings. The van der Waals surface area contributed by atoms with Crippen LogP contribution in [0.5, 0.6) is 0 Å². The largest absolute Gasteiger partial charge is 0.480 e. The van der Waals surface area contributed by atoms with Crippen molar-refractivity contribution in [2.24, 2.45) is 0 Å². The highest BCUT2D eigenvalue weighted by Crippen LogP contribution is 2.33. The Morgan fingerprint density at radius 1 is 1.35 bits per heavy atom. The average molecular weight is 332 g/mol. The zero-order chi connectivity index (χ0) is 16.6. The van der Waals surface area contributed by atoms with Gasteiger partial charge in [-0.25, -0.2) is 19.7 Å². The van der Waals surface area contributed by atoms with Gasteiger partial charge in [-0.1, -0.05) is 0 Å². The van der Waals surface area contributed by atoms with Crippen molar-refractivity contribution >= 4 is 23.2 Å². The van der Waals surface area contributed by atoms with Gasteiger partial charge in [0.1, 0.15) is 10.9 Å². The molecule has 1 N–H and O–H groups in total. The molecule has 0 spiro atoms. The van der Waals surface area contributed by atoms with Gasteiger partial charge < -0.3 is 10.0 Å². The van der Waals surface area contributed by atoms with Gasteiger partial charge in [-0.2, -0.15) is 0 Å². The number of carboxylic acid groups (broad SMARTS) is 1. The third-order valence-electron chi connectivity index (χ3n) is 3.70. The van der Waals surface area contributed by atoms with E-state index in [1.54, 1.807) is 25.4 Å². The number of rotatable bonds is 5. The molecule has 2 aromatic heterocycles. The normalized spacial score (nSPS) is 15.2. The molecule has 1 amide bonds. The zero-order valence-electron chi connectivity index (χ0n) is 12.8. The van der Waals surface area contributed by atoms with Crippen LogP contribution >= 0.6 is 11.3 Å². The first kappa shape index (κ1) is 15.5. The molecule has 0 aromatic carbocycles. The Morgan fingerprint density at radius 3 is 2.57 bits per heavy atom. The maximum atomic E-state index is 12.8. The Labute approximate surface area is 137 Å². The van der Waals surface area contributed by atoms with E-state index in [9.17, 15) is 14.7 Å². The number of aryl methyl sites for hydroxylation is 1. The molecule has 1 aliphatic carbocycles. The highest BCUT2D eigenvalue weighted by molar-refractivity contribution is 7.17. The van der Waals surface area contributed by atoms with E-state index in [0.29, 0.717) is 21.4 Å². The SMILES string of the molecule is Cc1nc(-c2ncccn2)sc1C(=O)N(C1CC1)C(C)C(=O)O. The van der Waals surface area contributed by atoms with Crippen LogP contribution in [-0.2, 0) is 4.79 Å². The molecular formula is C15H16N4O3S. The summed E-state index contributed by atoms with van der Waals surface area (Å²) < 4.78 is 0. The molecular weight excluding hydrogens is 316 g/mol. The monoisotopic (exact) mass is 332 g/mol. The number of aromatic nitrogens is 3. The molecule has 3 rings (SSSR count). The Bertz CT molecular complexity index is 742. The average Bonchev–Trinajstić information content (AvgIpc) is 3.29. The van der Waals surface area contributed by atoms with Crippen LogP contribution in [0.25, 0.3) is 10.8 Å². The van der Waals surface area contributed by atoms with Gasteiger partial charge in [0.15, 0.2) is 10.8 Å². The van der Waals surface area contributed by atoms with Crippen molar-refractivity contribution in [3.63, 3.8) is 0 Å². The Balaban J connectivity index is 1.93. The van der Waals surface area contributed by atoms with Crippen molar-refractivity contribution in [1.82, 2.24) is 19.9 Å². The third-order valence-corrected chi connectivity index (χ3v) is 4.84. The lowest BCUT2D eigenvalue weighted by Crippen LogP contribution is -2.44. The second-order valence-corrected chi connectivity index (χ2v) is 6.46. The van der Waals surface area contributed by atoms with Gasteiger partial charge in [0, 0.05) is 18.4 Å². The minimum Gasteiger partial charge on any atom is -0.480 e. The summed E-state index contributed by atoms with van der Waals surface area (Å²) in [6.45, 7) is 3.28. The maximum absolute atomic E-state index is 12.8. The molecule has 0 aliphatic heterocycles. The van der Waals surface area contributed by atoms with Crippen LogP contribution in [0.3, 0.4) is 0 Å². The highest BCUT2D eigenvalue weighted by Gasteiger charge is 2.40. The lowest BCUT2D eigenvalue weighted by Gasteiger charge is -2.26. The van der Waals surface area contributed by atoms with Crippen molar-refractivity contribution < 1.29 is 14.7 Å². The van der Waals surface area contributed by atoms with Crippen LogP contribution < -0.4 is 0 Å². The molecule has 1 atom stereocenters. The van der Waals surface area contributed by atoms with Crippen LogP contribution in [0, 0.1) is 6.92 Å². The molecule has 7 nitrogen and oxygen atoms in total. The standard InChI is InChI=1S/C15H16N4O3S/c1-8-11(23-13(18-8)12-16-6-3-7-17-12)14(20)19(10-4-5-10)9(2)15(21)22/h3,6-7,9-10H,4-5H2,1-2H3,(H,21,22). The number of carbonyl (C=O) groups is 2. The van der Waals surface area contributed by atoms with Crippen molar-refractivity contribution in [3.8, 4) is 10.8 Å². The molecule has 23 heavy (non-hydrogen) atoms. The molecule has 2 aromatic rings. The van der Waals surface area contributed by atoms with E-state index in [0.717, 1.165) is 12.8 Å². The first-order chi connectivity index (χ1) is 11.0. The number of carbonyl (C=O) groups excluding carboxylic acids is 1. The number of hydrogen-bond donors (Lipinski definition) is 1. The van der Waals surface area contributed by atoms with Crippen LogP contribution in [0.15, 0.2) is 18.5 Å². The second kappa shape index (κ2) is 6.04. The number of amides is 1. The van der Waals surface area contributed by atoms with Crippen molar-refractivity contribution in [2.75, 3.05) is 0 Å². The van der Waals surface area contributed by atoms with E-state index < -0.39 is 12.0 Å². The molecule has 8 heteroatoms. The van der Waals surface area contributed by atoms with Gasteiger partial charge in [-0.05, 0) is 32.8 Å². The predicted molar refractivity (Wildman–Crippen MR) is 84.2 cm³/mol. The molecule has 2 heterocycles. The van der Waals surface area contributed by atoms with Gasteiger partial charge in [-0.3, -0.25) is 4.79 Å². The molecule has 1 saturated carbocycles. The Hall–Kier alpha value is -2.35. The van der Waals surface area contributed by atoms with Crippen molar-refractivity contribution in [3.05, 3.63) is 29.0 Å². The van der Waals surface area contributed by atoms with E-state index >= 15 is 0 Å². The fourth-order valence-corrected chi connectivity index (χ4v) is 3.31. The van der Waals surface area contributed by atoms with Crippen LogP contribution in [0.2, 0.25) is 0 Å². The lowest BCUT2D eigenvalue weighted by atomic mass is 10.2. The van der Waals surface area contributed by atoms with E-state index in [2.05, 4.69) is 15.0 Å². The fraction of sp³-hybridized carbons (Fsp3) is 0.400. The Morgan fingerprint density at radius 2 is 2.00 bits per heavy atom. The predicted octanol–water partition coefficient (Wildman–Crippen LogP) is 1.99.